The molecule has 0 fully saturated rings. The molecule has 0 radical (unpaired) electrons. The first-order valence-electron chi connectivity index (χ1n) is 7.15. The Hall–Kier alpha value is -0.750. The van der Waals surface area contributed by atoms with E-state index in [1.165, 1.54) is 37.7 Å². The van der Waals surface area contributed by atoms with Gasteiger partial charge in [-0.15, -0.1) is 0 Å². The number of allylic oxidation sites excluding steroid dienone is 1. The SMILES string of the molecule is COc1c(S(=O)(=O)NCCC2=CCCCC2)ccc(Cl)c1Cl. The van der Waals surface area contributed by atoms with Gasteiger partial charge in [-0.25, -0.2) is 13.1 Å². The van der Waals surface area contributed by atoms with E-state index >= 15 is 0 Å². The number of sulfonamides is 1. The van der Waals surface area contributed by atoms with Crippen LogP contribution in [0.5, 0.6) is 5.75 Å². The van der Waals surface area contributed by atoms with Crippen LogP contribution in [0.4, 0.5) is 0 Å². The quantitative estimate of drug-likeness (QED) is 0.771. The highest BCUT2D eigenvalue weighted by Gasteiger charge is 2.22. The maximum absolute atomic E-state index is 12.4. The number of hydrogen-bond acceptors (Lipinski definition) is 3. The Morgan fingerprint density at radius 1 is 1.27 bits per heavy atom. The van der Waals surface area contributed by atoms with Gasteiger partial charge in [-0.05, 0) is 44.2 Å². The minimum atomic E-state index is -3.69. The van der Waals surface area contributed by atoms with Crippen LogP contribution in [0, 0.1) is 0 Å². The molecular weight excluding hydrogens is 345 g/mol. The van der Waals surface area contributed by atoms with Gasteiger partial charge in [0.25, 0.3) is 0 Å². The number of benzene rings is 1. The molecule has 0 saturated carbocycles. The number of nitrogens with one attached hydrogen (secondary N) is 1. The molecule has 0 aliphatic heterocycles. The van der Waals surface area contributed by atoms with Gasteiger partial charge in [0.15, 0.2) is 5.75 Å². The van der Waals surface area contributed by atoms with Crippen LogP contribution in [-0.4, -0.2) is 22.1 Å². The molecule has 0 heterocycles. The van der Waals surface area contributed by atoms with Crippen molar-refractivity contribution < 1.29 is 13.2 Å². The Kier molecular flexibility index (Phi) is 6.15. The van der Waals surface area contributed by atoms with Gasteiger partial charge in [-0.1, -0.05) is 34.9 Å². The number of methoxy groups -OCH3 is 1. The summed E-state index contributed by atoms with van der Waals surface area (Å²) in [4.78, 5) is 0.00187. The maximum Gasteiger partial charge on any atom is 0.244 e. The molecule has 0 atom stereocenters. The van der Waals surface area contributed by atoms with Gasteiger partial charge in [-0.2, -0.15) is 0 Å². The van der Waals surface area contributed by atoms with Gasteiger partial charge in [0, 0.05) is 6.54 Å². The highest BCUT2D eigenvalue weighted by molar-refractivity contribution is 7.89. The molecule has 2 rings (SSSR count). The van der Waals surface area contributed by atoms with E-state index in [1.807, 2.05) is 0 Å². The lowest BCUT2D eigenvalue weighted by Crippen LogP contribution is -2.25. The van der Waals surface area contributed by atoms with Crippen LogP contribution in [0.25, 0.3) is 0 Å². The Morgan fingerprint density at radius 2 is 2.05 bits per heavy atom. The maximum atomic E-state index is 12.4. The Labute approximate surface area is 141 Å². The van der Waals surface area contributed by atoms with Crippen LogP contribution in [0.3, 0.4) is 0 Å². The molecule has 1 aliphatic carbocycles. The average Bonchev–Trinajstić information content (AvgIpc) is 2.50. The summed E-state index contributed by atoms with van der Waals surface area (Å²) < 4.78 is 32.5. The van der Waals surface area contributed by atoms with Crippen molar-refractivity contribution in [1.82, 2.24) is 4.72 Å². The lowest BCUT2D eigenvalue weighted by atomic mass is 9.97. The highest BCUT2D eigenvalue weighted by Crippen LogP contribution is 2.37. The first-order valence-corrected chi connectivity index (χ1v) is 9.39. The average molecular weight is 364 g/mol. The van der Waals surface area contributed by atoms with E-state index in [4.69, 9.17) is 27.9 Å². The minimum Gasteiger partial charge on any atom is -0.494 e. The molecule has 1 N–H and O–H groups in total. The lowest BCUT2D eigenvalue weighted by Gasteiger charge is -2.15. The zero-order valence-electron chi connectivity index (χ0n) is 12.4. The van der Waals surface area contributed by atoms with Gasteiger partial charge in [0.2, 0.25) is 10.0 Å². The third-order valence-electron chi connectivity index (χ3n) is 3.63. The van der Waals surface area contributed by atoms with Crippen molar-refractivity contribution in [2.24, 2.45) is 0 Å². The summed E-state index contributed by atoms with van der Waals surface area (Å²) in [6.07, 6.45) is 7.47. The van der Waals surface area contributed by atoms with E-state index in [1.54, 1.807) is 0 Å². The zero-order valence-corrected chi connectivity index (χ0v) is 14.7. The van der Waals surface area contributed by atoms with E-state index in [0.29, 0.717) is 6.54 Å². The van der Waals surface area contributed by atoms with Crippen molar-refractivity contribution in [1.29, 1.82) is 0 Å². The predicted octanol–water partition coefficient (Wildman–Crippen LogP) is 4.17. The lowest BCUT2D eigenvalue weighted by molar-refractivity contribution is 0.402. The van der Waals surface area contributed by atoms with Crippen LogP contribution < -0.4 is 9.46 Å². The summed E-state index contributed by atoms with van der Waals surface area (Å²) in [6.45, 7) is 0.359. The first kappa shape index (κ1) is 17.6. The molecule has 1 aromatic rings. The third-order valence-corrected chi connectivity index (χ3v) is 5.90. The van der Waals surface area contributed by atoms with Gasteiger partial charge in [0.05, 0.1) is 12.1 Å². The predicted molar refractivity (Wildman–Crippen MR) is 89.4 cm³/mol. The second kappa shape index (κ2) is 7.68. The van der Waals surface area contributed by atoms with E-state index < -0.39 is 10.0 Å². The Balaban J connectivity index is 2.10. The van der Waals surface area contributed by atoms with Gasteiger partial charge < -0.3 is 4.74 Å². The molecular formula is C15H19Cl2NO3S. The smallest absolute Gasteiger partial charge is 0.244 e. The minimum absolute atomic E-state index is 0.00187. The number of ether oxygens (including phenoxy) is 1. The van der Waals surface area contributed by atoms with Crippen LogP contribution in [-0.2, 0) is 10.0 Å². The standard InChI is InChI=1S/C15H19Cl2NO3S/c1-21-15-13(8-7-12(16)14(15)17)22(19,20)18-10-9-11-5-3-2-4-6-11/h5,7-8,18H,2-4,6,9-10H2,1H3. The molecule has 0 saturated heterocycles. The second-order valence-electron chi connectivity index (χ2n) is 5.15. The topological polar surface area (TPSA) is 55.4 Å². The van der Waals surface area contributed by atoms with Crippen LogP contribution in [0.2, 0.25) is 10.0 Å². The molecule has 0 spiro atoms. The molecule has 0 unspecified atom stereocenters. The molecule has 0 amide bonds. The van der Waals surface area contributed by atoms with E-state index in [9.17, 15) is 8.42 Å². The molecule has 0 bridgehead atoms. The van der Waals surface area contributed by atoms with Crippen molar-refractivity contribution in [3.63, 3.8) is 0 Å². The molecule has 22 heavy (non-hydrogen) atoms. The summed E-state index contributed by atoms with van der Waals surface area (Å²) in [5.74, 6) is 0.0681. The number of halogens is 2. The van der Waals surface area contributed by atoms with E-state index in [2.05, 4.69) is 10.8 Å². The van der Waals surface area contributed by atoms with Gasteiger partial charge in [0.1, 0.15) is 9.92 Å². The summed E-state index contributed by atoms with van der Waals surface area (Å²) in [7, 11) is -2.32. The Morgan fingerprint density at radius 3 is 2.68 bits per heavy atom. The highest BCUT2D eigenvalue weighted by atomic mass is 35.5. The van der Waals surface area contributed by atoms with Crippen LogP contribution in [0.1, 0.15) is 32.1 Å². The molecule has 4 nitrogen and oxygen atoms in total. The van der Waals surface area contributed by atoms with Crippen molar-refractivity contribution in [3.8, 4) is 5.75 Å². The van der Waals surface area contributed by atoms with E-state index in [-0.39, 0.29) is 20.7 Å². The summed E-state index contributed by atoms with van der Waals surface area (Å²) in [5, 5.41) is 0.354. The van der Waals surface area contributed by atoms with Gasteiger partial charge in [-0.3, -0.25) is 0 Å². The number of rotatable bonds is 6. The fourth-order valence-electron chi connectivity index (χ4n) is 2.47. The molecule has 1 aliphatic rings. The second-order valence-corrected chi connectivity index (χ2v) is 7.67. The largest absolute Gasteiger partial charge is 0.494 e. The third kappa shape index (κ3) is 4.16. The van der Waals surface area contributed by atoms with Crippen molar-refractivity contribution in [2.75, 3.05) is 13.7 Å². The molecule has 1 aromatic carbocycles. The van der Waals surface area contributed by atoms with Gasteiger partial charge >= 0.3 is 0 Å². The summed E-state index contributed by atoms with van der Waals surface area (Å²) in [5.41, 5.74) is 1.31. The Bertz CT molecular complexity index is 672. The van der Waals surface area contributed by atoms with Crippen LogP contribution >= 0.6 is 23.2 Å². The van der Waals surface area contributed by atoms with Crippen molar-refractivity contribution in [3.05, 3.63) is 33.8 Å². The summed E-state index contributed by atoms with van der Waals surface area (Å²) >= 11 is 11.9. The monoisotopic (exact) mass is 363 g/mol. The van der Waals surface area contributed by atoms with Crippen molar-refractivity contribution in [2.45, 2.75) is 37.0 Å². The molecule has 7 heteroatoms. The first-order chi connectivity index (χ1) is 10.5. The van der Waals surface area contributed by atoms with Crippen molar-refractivity contribution >= 4 is 33.2 Å². The molecule has 0 aromatic heterocycles. The fraction of sp³-hybridized carbons (Fsp3) is 0.467. The van der Waals surface area contributed by atoms with E-state index in [0.717, 1.165) is 19.3 Å². The molecule has 122 valence electrons. The summed E-state index contributed by atoms with van der Waals surface area (Å²) in [6, 6.07) is 2.85. The zero-order chi connectivity index (χ0) is 16.2. The normalized spacial score (nSPS) is 15.5. The fourth-order valence-corrected chi connectivity index (χ4v) is 4.12. The number of hydrogen-bond donors (Lipinski definition) is 1. The van der Waals surface area contributed by atoms with Crippen LogP contribution in [0.15, 0.2) is 28.7 Å².